The fourth-order valence-corrected chi connectivity index (χ4v) is 2.61. The molecule has 0 aliphatic heterocycles. The molecule has 0 spiro atoms. The summed E-state index contributed by atoms with van der Waals surface area (Å²) in [6.45, 7) is 0.260. The van der Waals surface area contributed by atoms with E-state index in [2.05, 4.69) is 10.9 Å². The van der Waals surface area contributed by atoms with E-state index >= 15 is 0 Å². The molecule has 156 valence electrons. The van der Waals surface area contributed by atoms with Crippen molar-refractivity contribution in [2.24, 2.45) is 0 Å². The molecular weight excluding hydrogens is 421 g/mol. The first-order valence-corrected chi connectivity index (χ1v) is 9.02. The van der Waals surface area contributed by atoms with Gasteiger partial charge in [-0.15, -0.1) is 0 Å². The molecule has 0 radical (unpaired) electrons. The van der Waals surface area contributed by atoms with E-state index in [1.165, 1.54) is 19.2 Å². The molecule has 1 amide bonds. The van der Waals surface area contributed by atoms with Gasteiger partial charge in [-0.1, -0.05) is 23.7 Å². The van der Waals surface area contributed by atoms with Gasteiger partial charge in [0.05, 0.1) is 12.8 Å². The zero-order valence-electron chi connectivity index (χ0n) is 15.6. The Morgan fingerprint density at radius 2 is 1.70 bits per heavy atom. The van der Waals surface area contributed by atoms with Gasteiger partial charge in [0.1, 0.15) is 6.61 Å². The number of hydrogen-bond donors (Lipinski definition) is 2. The first-order valence-electron chi connectivity index (χ1n) is 8.64. The molecule has 0 heterocycles. The van der Waals surface area contributed by atoms with Crippen LogP contribution in [0.15, 0.2) is 54.6 Å². The van der Waals surface area contributed by atoms with Crippen molar-refractivity contribution in [3.8, 4) is 11.5 Å². The monoisotopic (exact) mass is 436 g/mol. The molecule has 3 aromatic carbocycles. The smallest absolute Gasteiger partial charge is 0.269 e. The van der Waals surface area contributed by atoms with Gasteiger partial charge in [-0.25, -0.2) is 13.2 Å². The number of benzene rings is 3. The Bertz CT molecular complexity index is 1060. The normalized spacial score (nSPS) is 10.4. The van der Waals surface area contributed by atoms with E-state index in [1.54, 1.807) is 18.2 Å². The van der Waals surface area contributed by atoms with Crippen LogP contribution in [0.5, 0.6) is 11.5 Å². The second-order valence-electron chi connectivity index (χ2n) is 6.08. The zero-order valence-corrected chi connectivity index (χ0v) is 16.4. The number of rotatable bonds is 7. The Labute approximate surface area is 175 Å². The van der Waals surface area contributed by atoms with E-state index in [4.69, 9.17) is 21.1 Å². The average molecular weight is 437 g/mol. The van der Waals surface area contributed by atoms with Gasteiger partial charge in [0, 0.05) is 10.6 Å². The number of hydrogen-bond acceptors (Lipinski definition) is 4. The maximum atomic E-state index is 13.7. The lowest BCUT2D eigenvalue weighted by Gasteiger charge is -2.13. The summed E-state index contributed by atoms with van der Waals surface area (Å²) in [5, 5.41) is 0.614. The van der Waals surface area contributed by atoms with Crippen LogP contribution in [0.2, 0.25) is 5.02 Å². The minimum atomic E-state index is -1.64. The second kappa shape index (κ2) is 9.41. The predicted octanol–water partition coefficient (Wildman–Crippen LogP) is 5.10. The highest BCUT2D eigenvalue weighted by Crippen LogP contribution is 2.29. The molecule has 0 unspecified atom stereocenters. The molecule has 0 aliphatic carbocycles. The molecule has 5 nitrogen and oxygen atoms in total. The minimum Gasteiger partial charge on any atom is -0.493 e. The summed E-state index contributed by atoms with van der Waals surface area (Å²) < 4.78 is 50.9. The SMILES string of the molecule is COc1cc(C(=O)NNc2ccc(F)c(F)c2F)ccc1OCc1ccc(Cl)cc1. The maximum Gasteiger partial charge on any atom is 0.269 e. The fraction of sp³-hybridized carbons (Fsp3) is 0.0952. The number of anilines is 1. The predicted molar refractivity (Wildman–Crippen MR) is 106 cm³/mol. The van der Waals surface area contributed by atoms with Gasteiger partial charge in [-0.3, -0.25) is 15.6 Å². The first kappa shape index (κ1) is 21.3. The average Bonchev–Trinajstić information content (AvgIpc) is 2.76. The Morgan fingerprint density at radius 3 is 2.40 bits per heavy atom. The largest absolute Gasteiger partial charge is 0.493 e. The fourth-order valence-electron chi connectivity index (χ4n) is 2.49. The van der Waals surface area contributed by atoms with E-state index in [0.717, 1.165) is 17.7 Å². The molecule has 30 heavy (non-hydrogen) atoms. The summed E-state index contributed by atoms with van der Waals surface area (Å²) in [5.74, 6) is -4.36. The number of amides is 1. The van der Waals surface area contributed by atoms with Crippen LogP contribution in [0.1, 0.15) is 15.9 Å². The first-order chi connectivity index (χ1) is 14.4. The molecule has 0 fully saturated rings. The van der Waals surface area contributed by atoms with Crippen LogP contribution < -0.4 is 20.3 Å². The van der Waals surface area contributed by atoms with E-state index in [0.29, 0.717) is 16.5 Å². The number of methoxy groups -OCH3 is 1. The van der Waals surface area contributed by atoms with Crippen molar-refractivity contribution in [1.29, 1.82) is 0 Å². The van der Waals surface area contributed by atoms with Gasteiger partial charge in [-0.05, 0) is 48.0 Å². The Hall–Kier alpha value is -3.39. The highest BCUT2D eigenvalue weighted by atomic mass is 35.5. The number of carbonyl (C=O) groups is 1. The lowest BCUT2D eigenvalue weighted by atomic mass is 10.2. The van der Waals surface area contributed by atoms with Crippen LogP contribution in [-0.2, 0) is 6.61 Å². The summed E-state index contributed by atoms with van der Waals surface area (Å²) >= 11 is 5.85. The third-order valence-electron chi connectivity index (χ3n) is 4.08. The van der Waals surface area contributed by atoms with Gasteiger partial charge < -0.3 is 9.47 Å². The van der Waals surface area contributed by atoms with Gasteiger partial charge in [0.25, 0.3) is 5.91 Å². The summed E-state index contributed by atoms with van der Waals surface area (Å²) in [7, 11) is 1.42. The van der Waals surface area contributed by atoms with Gasteiger partial charge >= 0.3 is 0 Å². The molecule has 0 aromatic heterocycles. The van der Waals surface area contributed by atoms with Crippen molar-refractivity contribution < 1.29 is 27.4 Å². The van der Waals surface area contributed by atoms with Crippen molar-refractivity contribution in [2.75, 3.05) is 12.5 Å². The van der Waals surface area contributed by atoms with Gasteiger partial charge in [0.2, 0.25) is 0 Å². The Morgan fingerprint density at radius 1 is 0.967 bits per heavy atom. The molecule has 0 atom stereocenters. The minimum absolute atomic E-state index is 0.168. The van der Waals surface area contributed by atoms with Crippen LogP contribution >= 0.6 is 11.6 Å². The number of nitrogens with one attached hydrogen (secondary N) is 2. The molecular formula is C21H16ClF3N2O3. The van der Waals surface area contributed by atoms with Crippen LogP contribution in [0.4, 0.5) is 18.9 Å². The van der Waals surface area contributed by atoms with E-state index in [9.17, 15) is 18.0 Å². The molecule has 0 aliphatic rings. The number of carbonyl (C=O) groups excluding carboxylic acids is 1. The Balaban J connectivity index is 1.66. The topological polar surface area (TPSA) is 59.6 Å². The molecule has 3 aromatic rings. The third-order valence-corrected chi connectivity index (χ3v) is 4.33. The molecule has 0 saturated heterocycles. The highest BCUT2D eigenvalue weighted by molar-refractivity contribution is 6.30. The van der Waals surface area contributed by atoms with Crippen molar-refractivity contribution in [1.82, 2.24) is 5.43 Å². The van der Waals surface area contributed by atoms with Crippen molar-refractivity contribution in [2.45, 2.75) is 6.61 Å². The van der Waals surface area contributed by atoms with E-state index in [-0.39, 0.29) is 12.2 Å². The van der Waals surface area contributed by atoms with Crippen molar-refractivity contribution >= 4 is 23.2 Å². The van der Waals surface area contributed by atoms with Gasteiger partial charge in [-0.2, -0.15) is 0 Å². The summed E-state index contributed by atoms with van der Waals surface area (Å²) in [4.78, 5) is 12.3. The summed E-state index contributed by atoms with van der Waals surface area (Å²) in [6, 6.07) is 13.3. The van der Waals surface area contributed by atoms with E-state index < -0.39 is 29.0 Å². The maximum absolute atomic E-state index is 13.7. The number of ether oxygens (including phenoxy) is 2. The summed E-state index contributed by atoms with van der Waals surface area (Å²) in [6.07, 6.45) is 0. The number of halogens is 4. The van der Waals surface area contributed by atoms with Gasteiger partial charge in [0.15, 0.2) is 29.0 Å². The van der Waals surface area contributed by atoms with Crippen LogP contribution in [-0.4, -0.2) is 13.0 Å². The molecule has 0 bridgehead atoms. The Kier molecular flexibility index (Phi) is 6.68. The lowest BCUT2D eigenvalue weighted by Crippen LogP contribution is -2.30. The van der Waals surface area contributed by atoms with Crippen LogP contribution in [0.3, 0.4) is 0 Å². The molecule has 9 heteroatoms. The van der Waals surface area contributed by atoms with Crippen molar-refractivity contribution in [3.63, 3.8) is 0 Å². The molecule has 0 saturated carbocycles. The quantitative estimate of drug-likeness (QED) is 0.399. The standard InChI is InChI=1S/C21H16ClF3N2O3/c1-29-18-10-13(4-9-17(18)30-11-12-2-5-14(22)6-3-12)21(28)27-26-16-8-7-15(23)19(24)20(16)25/h2-10,26H,11H2,1H3,(H,27,28). The van der Waals surface area contributed by atoms with E-state index in [1.807, 2.05) is 12.1 Å². The van der Waals surface area contributed by atoms with Crippen molar-refractivity contribution in [3.05, 3.63) is 88.2 Å². The summed E-state index contributed by atoms with van der Waals surface area (Å²) in [5.41, 5.74) is 5.07. The number of hydrazine groups is 1. The second-order valence-corrected chi connectivity index (χ2v) is 6.52. The molecule has 2 N–H and O–H groups in total. The molecule has 3 rings (SSSR count). The lowest BCUT2D eigenvalue weighted by molar-refractivity contribution is 0.0962. The van der Waals surface area contributed by atoms with Crippen LogP contribution in [0.25, 0.3) is 0 Å². The third kappa shape index (κ3) is 4.96. The zero-order chi connectivity index (χ0) is 21.7. The highest BCUT2D eigenvalue weighted by Gasteiger charge is 2.15. The van der Waals surface area contributed by atoms with Crippen LogP contribution in [0, 0.1) is 17.5 Å².